The second-order valence-corrected chi connectivity index (χ2v) is 8.45. The molecule has 33 heavy (non-hydrogen) atoms. The summed E-state index contributed by atoms with van der Waals surface area (Å²) in [7, 11) is 0. The molecule has 3 nitrogen and oxygen atoms in total. The summed E-state index contributed by atoms with van der Waals surface area (Å²) in [5.74, 6) is -3.47. The SMILES string of the molecule is CC(C)(O)c1cn(C2(F)C=CC(c3cccc(F)c3)C=C2)c(-c2ccccc2C(F)(F)F)n1. The Morgan fingerprint density at radius 2 is 1.67 bits per heavy atom. The number of aliphatic hydroxyl groups is 1. The standard InChI is InChI=1S/C25H21F5N2O/c1-23(2,33)21-15-32(22(31-21)19-8-3-4-9-20(19)25(28,29)30)24(27)12-10-16(11-13-24)17-6-5-7-18(26)14-17/h3-16,33H,1-2H3. The summed E-state index contributed by atoms with van der Waals surface area (Å²) in [6.07, 6.45) is 1.93. The first kappa shape index (κ1) is 22.9. The minimum absolute atomic E-state index is 0.0144. The highest BCUT2D eigenvalue weighted by atomic mass is 19.4. The minimum atomic E-state index is -4.69. The van der Waals surface area contributed by atoms with Gasteiger partial charge >= 0.3 is 6.18 Å². The third kappa shape index (κ3) is 4.48. The van der Waals surface area contributed by atoms with Crippen molar-refractivity contribution in [2.45, 2.75) is 37.3 Å². The molecule has 0 amide bonds. The summed E-state index contributed by atoms with van der Waals surface area (Å²) >= 11 is 0. The number of hydrogen-bond acceptors (Lipinski definition) is 2. The van der Waals surface area contributed by atoms with Gasteiger partial charge in [-0.25, -0.2) is 13.8 Å². The summed E-state index contributed by atoms with van der Waals surface area (Å²) in [5.41, 5.74) is -2.18. The smallest absolute Gasteiger partial charge is 0.384 e. The maximum absolute atomic E-state index is 16.2. The fourth-order valence-corrected chi connectivity index (χ4v) is 3.75. The number of allylic oxidation sites excluding steroid dienone is 4. The Hall–Kier alpha value is -3.26. The van der Waals surface area contributed by atoms with Crippen LogP contribution in [0, 0.1) is 5.82 Å². The van der Waals surface area contributed by atoms with Gasteiger partial charge in [-0.15, -0.1) is 0 Å². The first-order chi connectivity index (χ1) is 15.4. The molecule has 2 aromatic carbocycles. The molecule has 3 aromatic rings. The number of aromatic nitrogens is 2. The van der Waals surface area contributed by atoms with Gasteiger partial charge < -0.3 is 5.11 Å². The van der Waals surface area contributed by atoms with E-state index in [9.17, 15) is 22.7 Å². The lowest BCUT2D eigenvalue weighted by Crippen LogP contribution is -2.26. The first-order valence-electron chi connectivity index (χ1n) is 10.2. The number of alkyl halides is 4. The molecule has 1 N–H and O–H groups in total. The van der Waals surface area contributed by atoms with E-state index in [1.807, 2.05) is 0 Å². The van der Waals surface area contributed by atoms with E-state index in [1.165, 1.54) is 74.7 Å². The zero-order valence-corrected chi connectivity index (χ0v) is 17.8. The maximum Gasteiger partial charge on any atom is 0.417 e. The van der Waals surface area contributed by atoms with Crippen LogP contribution in [0.2, 0.25) is 0 Å². The number of imidazole rings is 1. The zero-order valence-electron chi connectivity index (χ0n) is 17.8. The quantitative estimate of drug-likeness (QED) is 0.358. The van der Waals surface area contributed by atoms with Gasteiger partial charge in [-0.1, -0.05) is 42.5 Å². The first-order valence-corrected chi connectivity index (χ1v) is 10.2. The molecule has 0 spiro atoms. The van der Waals surface area contributed by atoms with Crippen molar-refractivity contribution in [3.05, 3.63) is 102 Å². The highest BCUT2D eigenvalue weighted by molar-refractivity contribution is 5.63. The number of halogens is 5. The number of benzene rings is 2. The molecule has 0 radical (unpaired) electrons. The van der Waals surface area contributed by atoms with Gasteiger partial charge in [0.15, 0.2) is 0 Å². The summed E-state index contributed by atoms with van der Waals surface area (Å²) in [6.45, 7) is 2.83. The fraction of sp³-hybridized carbons (Fsp3) is 0.240. The highest BCUT2D eigenvalue weighted by Gasteiger charge is 2.38. The minimum Gasteiger partial charge on any atom is -0.384 e. The monoisotopic (exact) mass is 460 g/mol. The molecule has 0 atom stereocenters. The van der Waals surface area contributed by atoms with E-state index in [4.69, 9.17) is 0 Å². The summed E-state index contributed by atoms with van der Waals surface area (Å²) in [5, 5.41) is 10.4. The van der Waals surface area contributed by atoms with Crippen molar-refractivity contribution in [3.63, 3.8) is 0 Å². The Kier molecular flexibility index (Phi) is 5.52. The van der Waals surface area contributed by atoms with Gasteiger partial charge in [0.1, 0.15) is 17.2 Å². The average molecular weight is 460 g/mol. The number of nitrogens with zero attached hydrogens (tertiary/aromatic N) is 2. The van der Waals surface area contributed by atoms with Gasteiger partial charge in [-0.2, -0.15) is 13.2 Å². The molecule has 0 unspecified atom stereocenters. The lowest BCUT2D eigenvalue weighted by atomic mass is 9.92. The molecule has 1 heterocycles. The van der Waals surface area contributed by atoms with E-state index in [0.29, 0.717) is 5.56 Å². The van der Waals surface area contributed by atoms with Gasteiger partial charge in [0.05, 0.1) is 11.3 Å². The van der Waals surface area contributed by atoms with Gasteiger partial charge in [0, 0.05) is 17.7 Å². The molecular weight excluding hydrogens is 439 g/mol. The number of hydrogen-bond donors (Lipinski definition) is 1. The Balaban J connectivity index is 1.83. The van der Waals surface area contributed by atoms with Crippen molar-refractivity contribution in [3.8, 4) is 11.4 Å². The lowest BCUT2D eigenvalue weighted by molar-refractivity contribution is -0.137. The zero-order chi connectivity index (χ0) is 24.0. The van der Waals surface area contributed by atoms with Crippen molar-refractivity contribution in [2.75, 3.05) is 0 Å². The Morgan fingerprint density at radius 3 is 2.27 bits per heavy atom. The van der Waals surface area contributed by atoms with Gasteiger partial charge in [-0.3, -0.25) is 4.57 Å². The van der Waals surface area contributed by atoms with E-state index < -0.39 is 34.9 Å². The van der Waals surface area contributed by atoms with Crippen LogP contribution in [0.1, 0.15) is 36.6 Å². The highest BCUT2D eigenvalue weighted by Crippen LogP contribution is 2.41. The van der Waals surface area contributed by atoms with Crippen LogP contribution in [-0.2, 0) is 17.6 Å². The normalized spacial score (nSPS) is 20.9. The summed E-state index contributed by atoms with van der Waals surface area (Å²) in [6, 6.07) is 10.6. The average Bonchev–Trinajstić information content (AvgIpc) is 3.21. The fourth-order valence-electron chi connectivity index (χ4n) is 3.75. The van der Waals surface area contributed by atoms with Crippen molar-refractivity contribution in [1.82, 2.24) is 9.55 Å². The second-order valence-electron chi connectivity index (χ2n) is 8.45. The molecule has 1 aliphatic rings. The van der Waals surface area contributed by atoms with E-state index >= 15 is 4.39 Å². The topological polar surface area (TPSA) is 38.0 Å². The van der Waals surface area contributed by atoms with Crippen LogP contribution in [0.4, 0.5) is 22.0 Å². The molecule has 0 saturated heterocycles. The van der Waals surface area contributed by atoms with Crippen LogP contribution >= 0.6 is 0 Å². The van der Waals surface area contributed by atoms with E-state index in [2.05, 4.69) is 4.98 Å². The van der Waals surface area contributed by atoms with Crippen LogP contribution in [0.15, 0.2) is 79.0 Å². The maximum atomic E-state index is 16.2. The Bertz CT molecular complexity index is 1220. The van der Waals surface area contributed by atoms with E-state index in [0.717, 1.165) is 10.6 Å². The molecule has 0 aliphatic heterocycles. The molecule has 1 aromatic heterocycles. The number of rotatable bonds is 4. The van der Waals surface area contributed by atoms with Crippen LogP contribution in [0.3, 0.4) is 0 Å². The van der Waals surface area contributed by atoms with E-state index in [-0.39, 0.29) is 17.1 Å². The third-order valence-electron chi connectivity index (χ3n) is 5.48. The lowest BCUT2D eigenvalue weighted by Gasteiger charge is -2.27. The second kappa shape index (κ2) is 7.95. The van der Waals surface area contributed by atoms with Crippen molar-refractivity contribution >= 4 is 0 Å². The molecule has 8 heteroatoms. The predicted molar refractivity (Wildman–Crippen MR) is 114 cm³/mol. The molecule has 4 rings (SSSR count). The molecule has 0 fully saturated rings. The summed E-state index contributed by atoms with van der Waals surface area (Å²) < 4.78 is 71.7. The van der Waals surface area contributed by atoms with Crippen LogP contribution in [0.5, 0.6) is 0 Å². The van der Waals surface area contributed by atoms with Gasteiger partial charge in [0.25, 0.3) is 0 Å². The van der Waals surface area contributed by atoms with Crippen LogP contribution in [0.25, 0.3) is 11.4 Å². The molecular formula is C25H21F5N2O. The molecule has 1 aliphatic carbocycles. The third-order valence-corrected chi connectivity index (χ3v) is 5.48. The van der Waals surface area contributed by atoms with E-state index in [1.54, 1.807) is 12.1 Å². The Morgan fingerprint density at radius 1 is 1.00 bits per heavy atom. The van der Waals surface area contributed by atoms with Crippen LogP contribution in [-0.4, -0.2) is 14.7 Å². The van der Waals surface area contributed by atoms with Gasteiger partial charge in [-0.05, 0) is 49.8 Å². The van der Waals surface area contributed by atoms with Gasteiger partial charge in [0.2, 0.25) is 5.79 Å². The summed E-state index contributed by atoms with van der Waals surface area (Å²) in [4.78, 5) is 4.19. The molecule has 172 valence electrons. The molecule has 0 bridgehead atoms. The van der Waals surface area contributed by atoms with Crippen molar-refractivity contribution in [1.29, 1.82) is 0 Å². The molecule has 0 saturated carbocycles. The van der Waals surface area contributed by atoms with Crippen molar-refractivity contribution < 1.29 is 27.1 Å². The largest absolute Gasteiger partial charge is 0.417 e. The van der Waals surface area contributed by atoms with Crippen molar-refractivity contribution in [2.24, 2.45) is 0 Å². The van der Waals surface area contributed by atoms with Crippen LogP contribution < -0.4 is 0 Å². The predicted octanol–water partition coefficient (Wildman–Crippen LogP) is 6.47. The Labute approximate surface area is 187 Å².